The highest BCUT2D eigenvalue weighted by atomic mass is 16.3. The molecule has 24 heavy (non-hydrogen) atoms. The van der Waals surface area contributed by atoms with E-state index in [-0.39, 0.29) is 5.91 Å². The number of hydrogen-bond donors (Lipinski definition) is 0. The molecule has 1 aliphatic rings. The van der Waals surface area contributed by atoms with E-state index in [4.69, 9.17) is 4.42 Å². The van der Waals surface area contributed by atoms with Gasteiger partial charge in [0.15, 0.2) is 0 Å². The molecule has 1 aromatic carbocycles. The van der Waals surface area contributed by atoms with Crippen LogP contribution in [0.5, 0.6) is 0 Å². The molecule has 3 heterocycles. The van der Waals surface area contributed by atoms with Gasteiger partial charge in [0.2, 0.25) is 5.91 Å². The first-order valence-electron chi connectivity index (χ1n) is 8.12. The van der Waals surface area contributed by atoms with Gasteiger partial charge in [-0.1, -0.05) is 24.3 Å². The molecule has 2 aromatic heterocycles. The van der Waals surface area contributed by atoms with Gasteiger partial charge in [-0.3, -0.25) is 9.48 Å². The van der Waals surface area contributed by atoms with Crippen LogP contribution in [-0.2, 0) is 18.3 Å². The lowest BCUT2D eigenvalue weighted by Gasteiger charge is -2.27. The number of para-hydroxylation sites is 1. The number of nitrogens with zero attached hydrogens (tertiary/aromatic N) is 3. The van der Waals surface area contributed by atoms with Crippen molar-refractivity contribution >= 4 is 22.4 Å². The maximum absolute atomic E-state index is 12.6. The first-order chi connectivity index (χ1) is 11.7. The van der Waals surface area contributed by atoms with Crippen LogP contribution in [0.1, 0.15) is 17.7 Å². The third kappa shape index (κ3) is 2.85. The lowest BCUT2D eigenvalue weighted by atomic mass is 10.0. The molecule has 0 bridgehead atoms. The lowest BCUT2D eigenvalue weighted by molar-refractivity contribution is -0.130. The second kappa shape index (κ2) is 6.00. The molecule has 5 nitrogen and oxygen atoms in total. The van der Waals surface area contributed by atoms with Gasteiger partial charge in [0.25, 0.3) is 0 Å². The van der Waals surface area contributed by atoms with Crippen LogP contribution in [0.4, 0.5) is 0 Å². The minimum absolute atomic E-state index is 0.101. The minimum atomic E-state index is 0.101. The number of benzene rings is 1. The van der Waals surface area contributed by atoms with E-state index in [0.717, 1.165) is 40.8 Å². The van der Waals surface area contributed by atoms with Crippen molar-refractivity contribution in [2.24, 2.45) is 7.05 Å². The molecule has 0 atom stereocenters. The Morgan fingerprint density at radius 3 is 3.00 bits per heavy atom. The predicted molar refractivity (Wildman–Crippen MR) is 92.3 cm³/mol. The van der Waals surface area contributed by atoms with Gasteiger partial charge in [-0.05, 0) is 24.1 Å². The van der Waals surface area contributed by atoms with Crippen molar-refractivity contribution in [1.82, 2.24) is 14.7 Å². The largest absolute Gasteiger partial charge is 0.461 e. The van der Waals surface area contributed by atoms with Crippen LogP contribution in [0.15, 0.2) is 53.2 Å². The first kappa shape index (κ1) is 14.8. The van der Waals surface area contributed by atoms with Gasteiger partial charge >= 0.3 is 0 Å². The zero-order chi connectivity index (χ0) is 16.5. The highest BCUT2D eigenvalue weighted by Gasteiger charge is 2.21. The molecule has 1 aliphatic heterocycles. The highest BCUT2D eigenvalue weighted by molar-refractivity contribution is 5.84. The van der Waals surface area contributed by atoms with E-state index in [9.17, 15) is 4.79 Å². The fourth-order valence-electron chi connectivity index (χ4n) is 3.14. The fraction of sp³-hybridized carbons (Fsp3) is 0.263. The number of hydrogen-bond acceptors (Lipinski definition) is 3. The van der Waals surface area contributed by atoms with E-state index in [1.165, 1.54) is 0 Å². The van der Waals surface area contributed by atoms with Crippen LogP contribution in [0.25, 0.3) is 16.5 Å². The van der Waals surface area contributed by atoms with Crippen molar-refractivity contribution in [3.63, 3.8) is 0 Å². The molecule has 0 saturated carbocycles. The summed E-state index contributed by atoms with van der Waals surface area (Å²) in [6.45, 7) is 1.38. The Labute approximate surface area is 140 Å². The van der Waals surface area contributed by atoms with E-state index in [0.29, 0.717) is 13.0 Å². The zero-order valence-corrected chi connectivity index (χ0v) is 13.6. The number of rotatable bonds is 3. The Hall–Kier alpha value is -2.82. The van der Waals surface area contributed by atoms with Crippen molar-refractivity contribution in [2.75, 3.05) is 13.1 Å². The van der Waals surface area contributed by atoms with Crippen molar-refractivity contribution in [2.45, 2.75) is 12.8 Å². The fourth-order valence-corrected chi connectivity index (χ4v) is 3.14. The standard InChI is InChI=1S/C19H19N3O2/c1-21-12-16(11-20-21)15-6-4-8-22(13-15)19(23)10-17-9-14-5-2-3-7-18(14)24-17/h2-3,5-7,9,11-12H,4,8,10,13H2,1H3. The third-order valence-corrected chi connectivity index (χ3v) is 4.38. The zero-order valence-electron chi connectivity index (χ0n) is 13.6. The van der Waals surface area contributed by atoms with Crippen LogP contribution < -0.4 is 0 Å². The average Bonchev–Trinajstić information content (AvgIpc) is 3.20. The van der Waals surface area contributed by atoms with Crippen LogP contribution in [0.3, 0.4) is 0 Å². The van der Waals surface area contributed by atoms with E-state index >= 15 is 0 Å². The Bertz CT molecular complexity index is 886. The smallest absolute Gasteiger partial charge is 0.230 e. The Kier molecular flexibility index (Phi) is 3.69. The lowest BCUT2D eigenvalue weighted by Crippen LogP contribution is -2.36. The summed E-state index contributed by atoms with van der Waals surface area (Å²) < 4.78 is 7.55. The second-order valence-corrected chi connectivity index (χ2v) is 6.16. The minimum Gasteiger partial charge on any atom is -0.461 e. The van der Waals surface area contributed by atoms with Gasteiger partial charge in [-0.2, -0.15) is 5.10 Å². The molecule has 5 heteroatoms. The molecule has 122 valence electrons. The number of fused-ring (bicyclic) bond motifs is 1. The van der Waals surface area contributed by atoms with Gasteiger partial charge in [-0.15, -0.1) is 0 Å². The summed E-state index contributed by atoms with van der Waals surface area (Å²) in [4.78, 5) is 14.5. The molecule has 0 fully saturated rings. The van der Waals surface area contributed by atoms with Gasteiger partial charge in [-0.25, -0.2) is 0 Å². The molecule has 0 saturated heterocycles. The SMILES string of the molecule is Cn1cc(C2=CCCN(C(=O)Cc3cc4ccccc4o3)C2)cn1. The van der Waals surface area contributed by atoms with Crippen LogP contribution in [0, 0.1) is 0 Å². The molecule has 0 aliphatic carbocycles. The van der Waals surface area contributed by atoms with Gasteiger partial charge in [0, 0.05) is 37.3 Å². The average molecular weight is 321 g/mol. The molecule has 0 radical (unpaired) electrons. The molecule has 4 rings (SSSR count). The Morgan fingerprint density at radius 2 is 2.21 bits per heavy atom. The molecule has 3 aromatic rings. The van der Waals surface area contributed by atoms with E-state index in [1.54, 1.807) is 4.68 Å². The monoisotopic (exact) mass is 321 g/mol. The highest BCUT2D eigenvalue weighted by Crippen LogP contribution is 2.23. The molecule has 0 unspecified atom stereocenters. The van der Waals surface area contributed by atoms with Crippen molar-refractivity contribution in [3.05, 3.63) is 60.1 Å². The predicted octanol–water partition coefficient (Wildman–Crippen LogP) is 3.02. The van der Waals surface area contributed by atoms with Crippen LogP contribution >= 0.6 is 0 Å². The van der Waals surface area contributed by atoms with Crippen molar-refractivity contribution in [3.8, 4) is 0 Å². The van der Waals surface area contributed by atoms with Gasteiger partial charge in [0.1, 0.15) is 11.3 Å². The quantitative estimate of drug-likeness (QED) is 0.745. The van der Waals surface area contributed by atoms with Gasteiger partial charge < -0.3 is 9.32 Å². The number of aromatic nitrogens is 2. The van der Waals surface area contributed by atoms with E-state index in [2.05, 4.69) is 11.2 Å². The normalized spacial score (nSPS) is 14.9. The Balaban J connectivity index is 1.47. The number of amides is 1. The Morgan fingerprint density at radius 1 is 1.33 bits per heavy atom. The summed E-state index contributed by atoms with van der Waals surface area (Å²) in [5, 5.41) is 5.25. The van der Waals surface area contributed by atoms with Crippen molar-refractivity contribution < 1.29 is 9.21 Å². The van der Waals surface area contributed by atoms with E-state index < -0.39 is 0 Å². The summed E-state index contributed by atoms with van der Waals surface area (Å²) >= 11 is 0. The summed E-state index contributed by atoms with van der Waals surface area (Å²) in [7, 11) is 1.90. The summed E-state index contributed by atoms with van der Waals surface area (Å²) in [6.07, 6.45) is 7.20. The third-order valence-electron chi connectivity index (χ3n) is 4.38. The number of carbonyl (C=O) groups excluding carboxylic acids is 1. The molecule has 0 N–H and O–H groups in total. The first-order valence-corrected chi connectivity index (χ1v) is 8.12. The second-order valence-electron chi connectivity index (χ2n) is 6.16. The summed E-state index contributed by atoms with van der Waals surface area (Å²) in [5.74, 6) is 0.822. The topological polar surface area (TPSA) is 51.3 Å². The van der Waals surface area contributed by atoms with Gasteiger partial charge in [0.05, 0.1) is 12.6 Å². The summed E-state index contributed by atoms with van der Waals surface area (Å²) in [6, 6.07) is 9.78. The molecular weight excluding hydrogens is 302 g/mol. The number of carbonyl (C=O) groups is 1. The molecule has 0 spiro atoms. The molecular formula is C19H19N3O2. The maximum Gasteiger partial charge on any atom is 0.230 e. The van der Waals surface area contributed by atoms with Crippen LogP contribution in [-0.4, -0.2) is 33.7 Å². The number of aryl methyl sites for hydroxylation is 1. The van der Waals surface area contributed by atoms with Crippen molar-refractivity contribution in [1.29, 1.82) is 0 Å². The maximum atomic E-state index is 12.6. The molecule has 1 amide bonds. The van der Waals surface area contributed by atoms with E-state index in [1.807, 2.05) is 54.7 Å². The summed E-state index contributed by atoms with van der Waals surface area (Å²) in [5.41, 5.74) is 3.07. The number of furan rings is 1. The van der Waals surface area contributed by atoms with Crippen LogP contribution in [0.2, 0.25) is 0 Å².